The van der Waals surface area contributed by atoms with E-state index in [2.05, 4.69) is 37.0 Å². The van der Waals surface area contributed by atoms with Crippen LogP contribution in [0.4, 0.5) is 0 Å². The number of hydrogen-bond donors (Lipinski definition) is 0. The number of ether oxygens (including phenoxy) is 1. The van der Waals surface area contributed by atoms with Crippen molar-refractivity contribution in [3.05, 3.63) is 39.8 Å². The van der Waals surface area contributed by atoms with Gasteiger partial charge in [-0.3, -0.25) is 0 Å². The van der Waals surface area contributed by atoms with Crippen molar-refractivity contribution < 1.29 is 4.74 Å². The number of methoxy groups -OCH3 is 1. The van der Waals surface area contributed by atoms with Gasteiger partial charge < -0.3 is 0 Å². The van der Waals surface area contributed by atoms with Crippen LogP contribution in [0.1, 0.15) is 32.6 Å². The van der Waals surface area contributed by atoms with E-state index in [1.807, 2.05) is 12.1 Å². The molecule has 0 fully saturated rings. The van der Waals surface area contributed by atoms with Crippen molar-refractivity contribution in [3.63, 3.8) is 0 Å². The van der Waals surface area contributed by atoms with Gasteiger partial charge in [0.2, 0.25) is 0 Å². The molecule has 1 nitrogen and oxygen atoms in total. The van der Waals surface area contributed by atoms with Crippen molar-refractivity contribution in [3.8, 4) is 11.8 Å². The Kier molecular flexibility index (Phi) is 9.54. The molecule has 0 spiro atoms. The number of halogens is 1. The Bertz CT molecular complexity index is 468. The summed E-state index contributed by atoms with van der Waals surface area (Å²) in [5.41, 5.74) is 0. The van der Waals surface area contributed by atoms with Crippen molar-refractivity contribution in [2.24, 2.45) is 0 Å². The average molecular weight is 356 g/mol. The monoisotopic (exact) mass is 356 g/mol. The summed E-state index contributed by atoms with van der Waals surface area (Å²) < 4.78 is 7.58. The second-order valence-electron chi connectivity index (χ2n) is 4.34. The van der Waals surface area contributed by atoms with Crippen molar-refractivity contribution in [2.75, 3.05) is 13.7 Å². The molecule has 0 heterocycles. The first-order valence-corrected chi connectivity index (χ1v) is 8.96. The minimum atomic E-state index is 0.223. The van der Waals surface area contributed by atoms with Crippen LogP contribution in [0.2, 0.25) is 5.02 Å². The maximum absolute atomic E-state index is 5.91. The fraction of sp³-hybridized carbons (Fsp3) is 0.412. The Hall–Kier alpha value is -0.711. The summed E-state index contributed by atoms with van der Waals surface area (Å²) in [6.07, 6.45) is 6.75. The summed E-state index contributed by atoms with van der Waals surface area (Å²) in [5, 5.41) is 0.776. The van der Waals surface area contributed by atoms with Crippen LogP contribution in [0.25, 0.3) is 0 Å². The van der Waals surface area contributed by atoms with E-state index in [0.717, 1.165) is 11.4 Å². The molecule has 0 N–H and O–H groups in total. The third-order valence-corrected chi connectivity index (χ3v) is 4.94. The summed E-state index contributed by atoms with van der Waals surface area (Å²) in [4.78, 5) is 0. The van der Waals surface area contributed by atoms with E-state index in [1.165, 1.54) is 28.2 Å². The van der Waals surface area contributed by atoms with Gasteiger partial charge in [0, 0.05) is 0 Å². The third-order valence-electron chi connectivity index (χ3n) is 2.59. The maximum atomic E-state index is 5.91. The number of allylic oxidation sites excluding steroid dienone is 1. The van der Waals surface area contributed by atoms with E-state index in [0.29, 0.717) is 6.61 Å². The Morgan fingerprint density at radius 1 is 1.30 bits per heavy atom. The van der Waals surface area contributed by atoms with Gasteiger partial charge >= 0.3 is 134 Å². The van der Waals surface area contributed by atoms with Gasteiger partial charge in [-0.1, -0.05) is 0 Å². The predicted octanol–water partition coefficient (Wildman–Crippen LogP) is 3.78. The van der Waals surface area contributed by atoms with Gasteiger partial charge in [0.25, 0.3) is 0 Å². The second kappa shape index (κ2) is 11.0. The number of hydrogen-bond acceptors (Lipinski definition) is 1. The van der Waals surface area contributed by atoms with Crippen molar-refractivity contribution >= 4 is 31.0 Å². The first-order chi connectivity index (χ1) is 9.76. The summed E-state index contributed by atoms with van der Waals surface area (Å²) in [5.74, 6) is 6.58. The van der Waals surface area contributed by atoms with Crippen LogP contribution in [0, 0.1) is 11.8 Å². The molecule has 0 bridgehead atoms. The van der Waals surface area contributed by atoms with Crippen LogP contribution < -0.4 is 4.46 Å². The zero-order chi connectivity index (χ0) is 14.6. The first-order valence-electron chi connectivity index (χ1n) is 6.87. The van der Waals surface area contributed by atoms with Crippen molar-refractivity contribution in [2.45, 2.75) is 32.6 Å². The number of benzene rings is 1. The van der Waals surface area contributed by atoms with Gasteiger partial charge in [0.1, 0.15) is 0 Å². The molecule has 0 saturated carbocycles. The summed E-state index contributed by atoms with van der Waals surface area (Å²) in [6.45, 7) is 2.83. The average Bonchev–Trinajstić information content (AvgIpc) is 2.46. The summed E-state index contributed by atoms with van der Waals surface area (Å²) >= 11 is 6.13. The molecule has 1 aromatic carbocycles. The van der Waals surface area contributed by atoms with Crippen LogP contribution >= 0.6 is 11.6 Å². The van der Waals surface area contributed by atoms with Gasteiger partial charge in [0.05, 0.1) is 0 Å². The van der Waals surface area contributed by atoms with Crippen LogP contribution in [0.15, 0.2) is 34.8 Å². The molecule has 0 aromatic heterocycles. The van der Waals surface area contributed by atoms with E-state index in [1.54, 1.807) is 7.11 Å². The zero-order valence-corrected chi connectivity index (χ0v) is 14.6. The molecule has 1 rings (SSSR count). The molecule has 0 aliphatic heterocycles. The van der Waals surface area contributed by atoms with Crippen LogP contribution in [0.5, 0.6) is 0 Å². The van der Waals surface area contributed by atoms with E-state index < -0.39 is 0 Å². The molecule has 0 aliphatic rings. The standard InChI is InChI=1S/C17H21ClOSe/c1-3-4-5-6-7-8-16(13-14-19-2)20-17-11-9-15(18)10-12-17/h9-13H,3-6,14H2,1-2H3/b16-13-. The van der Waals surface area contributed by atoms with Crippen LogP contribution in [-0.2, 0) is 4.74 Å². The number of rotatable bonds is 7. The molecule has 0 unspecified atom stereocenters. The first kappa shape index (κ1) is 17.3. The molecule has 1 aromatic rings. The van der Waals surface area contributed by atoms with E-state index in [9.17, 15) is 0 Å². The third kappa shape index (κ3) is 7.78. The molecule has 0 amide bonds. The number of unbranched alkanes of at least 4 members (excludes halogenated alkanes) is 3. The quantitative estimate of drug-likeness (QED) is 0.411. The molecule has 0 saturated heterocycles. The van der Waals surface area contributed by atoms with Crippen molar-refractivity contribution in [1.29, 1.82) is 0 Å². The van der Waals surface area contributed by atoms with Gasteiger partial charge in [-0.05, 0) is 0 Å². The molecule has 0 atom stereocenters. The molecular formula is C17H21ClOSe. The zero-order valence-electron chi connectivity index (χ0n) is 12.1. The normalized spacial score (nSPS) is 11.1. The summed E-state index contributed by atoms with van der Waals surface area (Å²) in [7, 11) is 1.71. The van der Waals surface area contributed by atoms with Crippen LogP contribution in [0.3, 0.4) is 0 Å². The molecule has 3 heteroatoms. The van der Waals surface area contributed by atoms with Gasteiger partial charge in [-0.15, -0.1) is 0 Å². The van der Waals surface area contributed by atoms with Gasteiger partial charge in [-0.25, -0.2) is 0 Å². The van der Waals surface area contributed by atoms with Gasteiger partial charge in [0.15, 0.2) is 0 Å². The fourth-order valence-corrected chi connectivity index (χ4v) is 3.33. The Labute approximate surface area is 133 Å². The summed E-state index contributed by atoms with van der Waals surface area (Å²) in [6, 6.07) is 8.01. The van der Waals surface area contributed by atoms with E-state index in [4.69, 9.17) is 16.3 Å². The Morgan fingerprint density at radius 3 is 2.70 bits per heavy atom. The Morgan fingerprint density at radius 2 is 2.05 bits per heavy atom. The molecule has 0 aliphatic carbocycles. The van der Waals surface area contributed by atoms with Crippen LogP contribution in [-0.4, -0.2) is 28.7 Å². The molecule has 0 radical (unpaired) electrons. The predicted molar refractivity (Wildman–Crippen MR) is 88.7 cm³/mol. The topological polar surface area (TPSA) is 9.23 Å². The molecular weight excluding hydrogens is 335 g/mol. The fourth-order valence-electron chi connectivity index (χ4n) is 1.52. The molecule has 20 heavy (non-hydrogen) atoms. The molecule has 108 valence electrons. The van der Waals surface area contributed by atoms with E-state index in [-0.39, 0.29) is 15.0 Å². The van der Waals surface area contributed by atoms with Crippen molar-refractivity contribution in [1.82, 2.24) is 0 Å². The Balaban J connectivity index is 2.62. The second-order valence-corrected chi connectivity index (χ2v) is 7.12. The minimum absolute atomic E-state index is 0.223. The SMILES string of the molecule is CCCCCC#C/C(=C/COC)[Se]c1ccc(Cl)cc1. The van der Waals surface area contributed by atoms with E-state index >= 15 is 0 Å². The van der Waals surface area contributed by atoms with Gasteiger partial charge in [-0.2, -0.15) is 0 Å².